The molecule has 1 heterocycles. The quantitative estimate of drug-likeness (QED) is 0.445. The molecule has 0 aliphatic carbocycles. The summed E-state index contributed by atoms with van der Waals surface area (Å²) in [5, 5.41) is 9.05. The maximum Gasteiger partial charge on any atom is 0.121 e. The summed E-state index contributed by atoms with van der Waals surface area (Å²) in [5.41, 5.74) is 2.35. The van der Waals surface area contributed by atoms with E-state index in [0.717, 1.165) is 14.7 Å². The minimum absolute atomic E-state index is 0.00109. The van der Waals surface area contributed by atoms with E-state index in [0.29, 0.717) is 0 Å². The van der Waals surface area contributed by atoms with E-state index >= 15 is 0 Å². The van der Waals surface area contributed by atoms with E-state index in [9.17, 15) is 0 Å². The number of rotatable bonds is 1. The molecule has 0 amide bonds. The van der Waals surface area contributed by atoms with Gasteiger partial charge in [0.15, 0.2) is 0 Å². The summed E-state index contributed by atoms with van der Waals surface area (Å²) in [5.74, 6) is 0.239. The minimum Gasteiger partial charge on any atom is -0.271 e. The number of alkyl halides is 1. The average Bonchev–Trinajstić information content (AvgIpc) is 2.32. The summed E-state index contributed by atoms with van der Waals surface area (Å²) >= 11 is 9.25. The van der Waals surface area contributed by atoms with Gasteiger partial charge in [-0.2, -0.15) is 5.26 Å². The van der Waals surface area contributed by atoms with Gasteiger partial charge in [0.2, 0.25) is 0 Å². The smallest absolute Gasteiger partial charge is 0.121 e. The van der Waals surface area contributed by atoms with Crippen LogP contribution in [-0.4, -0.2) is 14.6 Å². The molecule has 0 bridgehead atoms. The second-order valence-electron chi connectivity index (χ2n) is 3.93. The van der Waals surface area contributed by atoms with Crippen molar-refractivity contribution in [2.24, 2.45) is 4.99 Å². The Bertz CT molecular complexity index is 522. The second kappa shape index (κ2) is 5.37. The van der Waals surface area contributed by atoms with Gasteiger partial charge >= 0.3 is 0 Å². The molecular formula is C12H9Br2IN2. The lowest BCUT2D eigenvalue weighted by Gasteiger charge is -2.29. The van der Waals surface area contributed by atoms with Crippen LogP contribution < -0.4 is 0 Å². The van der Waals surface area contributed by atoms with Crippen LogP contribution in [0.15, 0.2) is 27.7 Å². The Morgan fingerprint density at radius 3 is 2.82 bits per heavy atom. The van der Waals surface area contributed by atoms with Gasteiger partial charge in [0.25, 0.3) is 0 Å². The van der Waals surface area contributed by atoms with E-state index in [1.54, 1.807) is 0 Å². The van der Waals surface area contributed by atoms with Gasteiger partial charge in [-0.25, -0.2) is 0 Å². The lowest BCUT2D eigenvalue weighted by Crippen LogP contribution is -2.29. The highest BCUT2D eigenvalue weighted by Gasteiger charge is 2.32. The first kappa shape index (κ1) is 13.5. The van der Waals surface area contributed by atoms with Crippen molar-refractivity contribution >= 4 is 59.1 Å². The Morgan fingerprint density at radius 1 is 1.47 bits per heavy atom. The van der Waals surface area contributed by atoms with Gasteiger partial charge in [0, 0.05) is 16.0 Å². The van der Waals surface area contributed by atoms with Crippen LogP contribution in [0.5, 0.6) is 0 Å². The van der Waals surface area contributed by atoms with Crippen molar-refractivity contribution in [1.29, 1.82) is 5.26 Å². The molecule has 88 valence electrons. The highest BCUT2D eigenvalue weighted by atomic mass is 127. The second-order valence-corrected chi connectivity index (χ2v) is 6.88. The minimum atomic E-state index is -0.115. The predicted octanol–water partition coefficient (Wildman–Crippen LogP) is 4.40. The summed E-state index contributed by atoms with van der Waals surface area (Å²) < 4.78 is 1.81. The van der Waals surface area contributed by atoms with E-state index in [1.807, 2.05) is 12.1 Å². The summed E-state index contributed by atoms with van der Waals surface area (Å²) in [7, 11) is 0. The lowest BCUT2D eigenvalue weighted by molar-refractivity contribution is 0.588. The van der Waals surface area contributed by atoms with E-state index in [-0.39, 0.29) is 15.9 Å². The molecule has 2 nitrogen and oxygen atoms in total. The van der Waals surface area contributed by atoms with Crippen LogP contribution in [0.1, 0.15) is 24.0 Å². The molecule has 1 aromatic carbocycles. The normalized spacial score (nSPS) is 24.5. The molecule has 1 aliphatic heterocycles. The lowest BCUT2D eigenvalue weighted by atomic mass is 9.86. The highest BCUT2D eigenvalue weighted by molar-refractivity contribution is 14.1. The third-order valence-electron chi connectivity index (χ3n) is 2.93. The molecule has 0 fully saturated rings. The SMILES string of the molecule is CC1c2c(Br)cccc2C(Br)=NC1C(I)C#N. The third-order valence-corrected chi connectivity index (χ3v) is 5.27. The Labute approximate surface area is 131 Å². The largest absolute Gasteiger partial charge is 0.271 e. The fraction of sp³-hybridized carbons (Fsp3) is 0.333. The Hall–Kier alpha value is 0.0700. The van der Waals surface area contributed by atoms with Gasteiger partial charge in [0.05, 0.1) is 12.1 Å². The monoisotopic (exact) mass is 466 g/mol. The number of hydrogen-bond donors (Lipinski definition) is 0. The van der Waals surface area contributed by atoms with Crippen molar-refractivity contribution in [2.45, 2.75) is 22.8 Å². The number of aliphatic imine (C=N–C) groups is 1. The standard InChI is InChI=1S/C12H9Br2IN2/c1-6-10-7(3-2-4-8(10)13)12(14)17-11(6)9(15)5-16/h2-4,6,9,11H,1H3. The van der Waals surface area contributed by atoms with Gasteiger partial charge in [-0.1, -0.05) is 57.6 Å². The summed E-state index contributed by atoms with van der Waals surface area (Å²) in [4.78, 5) is 4.60. The van der Waals surface area contributed by atoms with Gasteiger partial charge in [-0.05, 0) is 27.6 Å². The molecule has 3 unspecified atom stereocenters. The Morgan fingerprint density at radius 2 is 2.18 bits per heavy atom. The predicted molar refractivity (Wildman–Crippen MR) is 85.2 cm³/mol. The summed E-state index contributed by atoms with van der Waals surface area (Å²) in [6, 6.07) is 8.36. The zero-order chi connectivity index (χ0) is 12.6. The van der Waals surface area contributed by atoms with E-state index in [1.165, 1.54) is 5.56 Å². The van der Waals surface area contributed by atoms with Crippen molar-refractivity contribution in [1.82, 2.24) is 0 Å². The number of benzene rings is 1. The third kappa shape index (κ3) is 2.45. The zero-order valence-corrected chi connectivity index (χ0v) is 14.3. The van der Waals surface area contributed by atoms with Crippen molar-refractivity contribution in [3.8, 4) is 6.07 Å². The van der Waals surface area contributed by atoms with Crippen molar-refractivity contribution < 1.29 is 0 Å². The average molecular weight is 468 g/mol. The Balaban J connectivity index is 2.56. The van der Waals surface area contributed by atoms with Crippen LogP contribution in [0.4, 0.5) is 0 Å². The van der Waals surface area contributed by atoms with Crippen LogP contribution in [-0.2, 0) is 0 Å². The molecule has 0 saturated carbocycles. The van der Waals surface area contributed by atoms with E-state index < -0.39 is 0 Å². The number of hydrogen-bond acceptors (Lipinski definition) is 2. The molecule has 0 aromatic heterocycles. The number of halogens is 3. The molecule has 5 heteroatoms. The molecule has 0 radical (unpaired) electrons. The van der Waals surface area contributed by atoms with Crippen molar-refractivity contribution in [3.63, 3.8) is 0 Å². The topological polar surface area (TPSA) is 36.1 Å². The first-order chi connectivity index (χ1) is 8.06. The fourth-order valence-corrected chi connectivity index (χ4v) is 4.15. The van der Waals surface area contributed by atoms with Crippen molar-refractivity contribution in [2.75, 3.05) is 0 Å². The van der Waals surface area contributed by atoms with Crippen LogP contribution in [0.25, 0.3) is 0 Å². The first-order valence-corrected chi connectivity index (χ1v) is 7.95. The van der Waals surface area contributed by atoms with E-state index in [2.05, 4.69) is 78.5 Å². The molecule has 3 atom stereocenters. The molecule has 17 heavy (non-hydrogen) atoms. The highest BCUT2D eigenvalue weighted by Crippen LogP contribution is 2.39. The molecule has 0 spiro atoms. The molecule has 0 N–H and O–H groups in total. The summed E-state index contributed by atoms with van der Waals surface area (Å²) in [6.07, 6.45) is 0. The number of nitrogens with zero attached hydrogens (tertiary/aromatic N) is 2. The molecule has 2 rings (SSSR count). The number of fused-ring (bicyclic) bond motifs is 1. The van der Waals surface area contributed by atoms with Gasteiger partial charge in [0.1, 0.15) is 8.55 Å². The van der Waals surface area contributed by atoms with Crippen LogP contribution in [0, 0.1) is 11.3 Å². The van der Waals surface area contributed by atoms with Gasteiger partial charge in [-0.15, -0.1) is 0 Å². The fourth-order valence-electron chi connectivity index (χ4n) is 2.06. The molecule has 1 aliphatic rings. The zero-order valence-electron chi connectivity index (χ0n) is 8.99. The van der Waals surface area contributed by atoms with E-state index in [4.69, 9.17) is 5.26 Å². The van der Waals surface area contributed by atoms with Crippen molar-refractivity contribution in [3.05, 3.63) is 33.8 Å². The maximum absolute atomic E-state index is 9.05. The van der Waals surface area contributed by atoms with Gasteiger partial charge in [-0.3, -0.25) is 4.99 Å². The summed E-state index contributed by atoms with van der Waals surface area (Å²) in [6.45, 7) is 2.13. The number of nitriles is 1. The Kier molecular flexibility index (Phi) is 4.26. The maximum atomic E-state index is 9.05. The molecule has 0 saturated heterocycles. The van der Waals surface area contributed by atoms with Gasteiger partial charge < -0.3 is 0 Å². The van der Waals surface area contributed by atoms with Crippen LogP contribution in [0.2, 0.25) is 0 Å². The first-order valence-electron chi connectivity index (χ1n) is 5.12. The molecular weight excluding hydrogens is 459 g/mol. The molecule has 1 aromatic rings. The van der Waals surface area contributed by atoms with Crippen LogP contribution >= 0.6 is 54.5 Å². The van der Waals surface area contributed by atoms with Crippen LogP contribution in [0.3, 0.4) is 0 Å².